The minimum absolute atomic E-state index is 0.0976. The Labute approximate surface area is 197 Å². The molecular formula is C23H21N3O6S2. The fourth-order valence-corrected chi connectivity index (χ4v) is 5.24. The fraction of sp³-hybridized carbons (Fsp3) is 0.0870. The highest BCUT2D eigenvalue weighted by Crippen LogP contribution is 2.39. The van der Waals surface area contributed by atoms with Crippen LogP contribution in [0.25, 0.3) is 33.2 Å². The molecule has 3 aromatic carbocycles. The molecule has 0 fully saturated rings. The molecule has 1 aromatic heterocycles. The van der Waals surface area contributed by atoms with E-state index in [1.807, 2.05) is 0 Å². The van der Waals surface area contributed by atoms with Gasteiger partial charge in [-0.05, 0) is 41.8 Å². The molecule has 34 heavy (non-hydrogen) atoms. The smallest absolute Gasteiger partial charge is 0.238 e. The molecule has 0 saturated heterocycles. The van der Waals surface area contributed by atoms with Gasteiger partial charge in [-0.1, -0.05) is 24.3 Å². The van der Waals surface area contributed by atoms with E-state index in [2.05, 4.69) is 4.98 Å². The van der Waals surface area contributed by atoms with Crippen LogP contribution in [0.4, 0.5) is 0 Å². The minimum atomic E-state index is -4.08. The van der Waals surface area contributed by atoms with Crippen LogP contribution in [0.15, 0.2) is 76.7 Å². The van der Waals surface area contributed by atoms with Crippen LogP contribution in [0.3, 0.4) is 0 Å². The van der Waals surface area contributed by atoms with E-state index in [1.54, 1.807) is 30.3 Å². The van der Waals surface area contributed by atoms with Gasteiger partial charge in [-0.3, -0.25) is 4.98 Å². The number of pyridine rings is 1. The number of sulfonamides is 2. The van der Waals surface area contributed by atoms with Gasteiger partial charge in [-0.15, -0.1) is 0 Å². The average Bonchev–Trinajstić information content (AvgIpc) is 2.81. The second kappa shape index (κ2) is 8.69. The number of primary sulfonamides is 2. The van der Waals surface area contributed by atoms with Crippen LogP contribution in [-0.4, -0.2) is 36.0 Å². The van der Waals surface area contributed by atoms with Crippen LogP contribution in [0.1, 0.15) is 0 Å². The average molecular weight is 500 g/mol. The van der Waals surface area contributed by atoms with E-state index in [4.69, 9.17) is 19.8 Å². The number of benzene rings is 3. The van der Waals surface area contributed by atoms with Crippen LogP contribution in [0.5, 0.6) is 11.5 Å². The Morgan fingerprint density at radius 3 is 1.71 bits per heavy atom. The Morgan fingerprint density at radius 2 is 1.18 bits per heavy atom. The molecule has 1 heterocycles. The molecule has 9 nitrogen and oxygen atoms in total. The first kappa shape index (κ1) is 23.6. The van der Waals surface area contributed by atoms with Crippen molar-refractivity contribution in [2.45, 2.75) is 9.79 Å². The third-order valence-electron chi connectivity index (χ3n) is 5.33. The second-order valence-corrected chi connectivity index (χ2v) is 10.4. The summed E-state index contributed by atoms with van der Waals surface area (Å²) in [5.41, 5.74) is 1.36. The van der Waals surface area contributed by atoms with E-state index in [-0.39, 0.29) is 15.4 Å². The number of fused-ring (bicyclic) bond motifs is 1. The van der Waals surface area contributed by atoms with Gasteiger partial charge in [0.1, 0.15) is 11.5 Å². The molecule has 4 rings (SSSR count). The SMILES string of the molecule is COc1ccc(S(N)(=O)=O)c(-c2cnc(-c3cc(OC)ccc3S(N)(=O)=O)c3ccccc23)c1. The Balaban J connectivity index is 2.09. The predicted octanol–water partition coefficient (Wildman–Crippen LogP) is 2.88. The summed E-state index contributed by atoms with van der Waals surface area (Å²) in [5.74, 6) is 0.849. The molecule has 0 unspecified atom stereocenters. The lowest BCUT2D eigenvalue weighted by atomic mass is 9.96. The minimum Gasteiger partial charge on any atom is -0.497 e. The van der Waals surface area contributed by atoms with Crippen LogP contribution in [0, 0.1) is 0 Å². The van der Waals surface area contributed by atoms with Crippen molar-refractivity contribution in [3.8, 4) is 33.9 Å². The molecule has 0 aliphatic rings. The summed E-state index contributed by atoms with van der Waals surface area (Å²) >= 11 is 0. The van der Waals surface area contributed by atoms with Gasteiger partial charge in [-0.25, -0.2) is 27.1 Å². The van der Waals surface area contributed by atoms with Crippen molar-refractivity contribution in [2.75, 3.05) is 14.2 Å². The van der Waals surface area contributed by atoms with Gasteiger partial charge >= 0.3 is 0 Å². The topological polar surface area (TPSA) is 152 Å². The highest BCUT2D eigenvalue weighted by Gasteiger charge is 2.22. The Morgan fingerprint density at radius 1 is 0.676 bits per heavy atom. The number of aromatic nitrogens is 1. The van der Waals surface area contributed by atoms with E-state index in [0.29, 0.717) is 39.1 Å². The van der Waals surface area contributed by atoms with Crippen molar-refractivity contribution in [2.24, 2.45) is 10.3 Å². The number of hydrogen-bond donors (Lipinski definition) is 2. The Kier molecular flexibility index (Phi) is 6.04. The third-order valence-corrected chi connectivity index (χ3v) is 7.27. The molecule has 4 N–H and O–H groups in total. The molecule has 0 aliphatic carbocycles. The van der Waals surface area contributed by atoms with Crippen molar-refractivity contribution in [1.82, 2.24) is 4.98 Å². The first-order valence-corrected chi connectivity index (χ1v) is 12.9. The molecular weight excluding hydrogens is 478 g/mol. The van der Waals surface area contributed by atoms with Crippen LogP contribution in [-0.2, 0) is 20.0 Å². The van der Waals surface area contributed by atoms with E-state index in [0.717, 1.165) is 0 Å². The molecule has 0 saturated carbocycles. The van der Waals surface area contributed by atoms with Gasteiger partial charge in [0.2, 0.25) is 20.0 Å². The number of hydrogen-bond acceptors (Lipinski definition) is 7. The molecule has 11 heteroatoms. The fourth-order valence-electron chi connectivity index (χ4n) is 3.79. The second-order valence-electron chi connectivity index (χ2n) is 7.38. The lowest BCUT2D eigenvalue weighted by Crippen LogP contribution is -2.14. The van der Waals surface area contributed by atoms with Crippen molar-refractivity contribution < 1.29 is 26.3 Å². The van der Waals surface area contributed by atoms with Crippen LogP contribution >= 0.6 is 0 Å². The number of methoxy groups -OCH3 is 2. The van der Waals surface area contributed by atoms with Crippen LogP contribution < -0.4 is 19.8 Å². The maximum absolute atomic E-state index is 12.3. The van der Waals surface area contributed by atoms with E-state index >= 15 is 0 Å². The largest absolute Gasteiger partial charge is 0.497 e. The lowest BCUT2D eigenvalue weighted by Gasteiger charge is -2.16. The number of nitrogens with zero attached hydrogens (tertiary/aromatic N) is 1. The summed E-state index contributed by atoms with van der Waals surface area (Å²) in [6, 6.07) is 15.9. The van der Waals surface area contributed by atoms with E-state index < -0.39 is 20.0 Å². The lowest BCUT2D eigenvalue weighted by molar-refractivity contribution is 0.414. The highest BCUT2D eigenvalue weighted by molar-refractivity contribution is 7.89. The summed E-state index contributed by atoms with van der Waals surface area (Å²) in [6.45, 7) is 0. The zero-order valence-electron chi connectivity index (χ0n) is 18.2. The van der Waals surface area contributed by atoms with Gasteiger partial charge in [0.15, 0.2) is 0 Å². The normalized spacial score (nSPS) is 12.0. The Bertz CT molecular complexity index is 1510. The van der Waals surface area contributed by atoms with Crippen molar-refractivity contribution in [3.05, 3.63) is 66.9 Å². The standard InChI is InChI=1S/C23H21N3O6S2/c1-31-14-7-9-21(33(24,27)28)18(11-14)20-13-26-23(17-6-4-3-5-16(17)20)19-12-15(32-2)8-10-22(19)34(25,29)30/h3-13H,1-2H3,(H2,24,27,28)(H2,25,29,30). The van der Waals surface area contributed by atoms with Crippen molar-refractivity contribution in [1.29, 1.82) is 0 Å². The predicted molar refractivity (Wildman–Crippen MR) is 128 cm³/mol. The molecule has 0 spiro atoms. The van der Waals surface area contributed by atoms with Gasteiger partial charge in [0.05, 0.1) is 29.7 Å². The zero-order chi connectivity index (χ0) is 24.7. The van der Waals surface area contributed by atoms with Crippen molar-refractivity contribution in [3.63, 3.8) is 0 Å². The number of ether oxygens (including phenoxy) is 2. The van der Waals surface area contributed by atoms with E-state index in [1.165, 1.54) is 50.7 Å². The van der Waals surface area contributed by atoms with Crippen LogP contribution in [0.2, 0.25) is 0 Å². The Hall–Kier alpha value is -3.51. The molecule has 0 aliphatic heterocycles. The summed E-state index contributed by atoms with van der Waals surface area (Å²) in [5, 5.41) is 12.1. The molecule has 4 aromatic rings. The molecule has 0 radical (unpaired) electrons. The number of rotatable bonds is 6. The quantitative estimate of drug-likeness (QED) is 0.414. The maximum atomic E-state index is 12.3. The summed E-state index contributed by atoms with van der Waals surface area (Å²) in [7, 11) is -5.22. The molecule has 0 amide bonds. The summed E-state index contributed by atoms with van der Waals surface area (Å²) < 4.78 is 59.7. The van der Waals surface area contributed by atoms with Gasteiger partial charge in [-0.2, -0.15) is 0 Å². The first-order valence-electron chi connectivity index (χ1n) is 9.84. The molecule has 176 valence electrons. The number of nitrogens with two attached hydrogens (primary N) is 2. The van der Waals surface area contributed by atoms with Gasteiger partial charge < -0.3 is 9.47 Å². The maximum Gasteiger partial charge on any atom is 0.238 e. The monoisotopic (exact) mass is 499 g/mol. The third kappa shape index (κ3) is 4.33. The first-order chi connectivity index (χ1) is 16.0. The van der Waals surface area contributed by atoms with Crippen molar-refractivity contribution >= 4 is 30.8 Å². The zero-order valence-corrected chi connectivity index (χ0v) is 19.9. The van der Waals surface area contributed by atoms with E-state index in [9.17, 15) is 16.8 Å². The molecule has 0 bridgehead atoms. The van der Waals surface area contributed by atoms with Gasteiger partial charge in [0, 0.05) is 28.3 Å². The summed E-state index contributed by atoms with van der Waals surface area (Å²) in [6.07, 6.45) is 1.47. The molecule has 0 atom stereocenters. The highest BCUT2D eigenvalue weighted by atomic mass is 32.2. The van der Waals surface area contributed by atoms with Gasteiger partial charge in [0.25, 0.3) is 0 Å². The summed E-state index contributed by atoms with van der Waals surface area (Å²) in [4.78, 5) is 4.31.